The maximum absolute atomic E-state index is 13.7. The molecule has 1 aliphatic heterocycles. The van der Waals surface area contributed by atoms with E-state index < -0.39 is 53.5 Å². The van der Waals surface area contributed by atoms with E-state index in [2.05, 4.69) is 10.6 Å². The highest BCUT2D eigenvalue weighted by Gasteiger charge is 2.42. The van der Waals surface area contributed by atoms with E-state index in [9.17, 15) is 28.0 Å². The Hall–Kier alpha value is -4.80. The van der Waals surface area contributed by atoms with Gasteiger partial charge in [-0.2, -0.15) is 0 Å². The van der Waals surface area contributed by atoms with Crippen LogP contribution >= 0.6 is 0 Å². The lowest BCUT2D eigenvalue weighted by atomic mass is 10.0. The van der Waals surface area contributed by atoms with E-state index in [0.29, 0.717) is 11.6 Å². The second-order valence-corrected chi connectivity index (χ2v) is 8.86. The van der Waals surface area contributed by atoms with Gasteiger partial charge in [0.05, 0.1) is 6.42 Å². The maximum Gasteiger partial charge on any atom is 0.330 e. The molecule has 3 atom stereocenters. The highest BCUT2D eigenvalue weighted by Crippen LogP contribution is 2.38. The number of carbonyl (C=O) groups is 4. The van der Waals surface area contributed by atoms with Gasteiger partial charge in [0.2, 0.25) is 11.8 Å². The van der Waals surface area contributed by atoms with Crippen LogP contribution in [-0.4, -0.2) is 35.8 Å². The molecule has 0 spiro atoms. The van der Waals surface area contributed by atoms with Gasteiger partial charge in [-0.15, -0.1) is 5.06 Å². The molecule has 2 N–H and O–H groups in total. The molecule has 39 heavy (non-hydrogen) atoms. The SMILES string of the molecule is CC(=O)ON1C(=O)[C@@H](NC(=O)[C@H](C)NC(=O)Cc2cc(F)cc(F)c2)[C@@H](c2ccccc2)Oc2ccccc21. The van der Waals surface area contributed by atoms with E-state index in [4.69, 9.17) is 9.57 Å². The van der Waals surface area contributed by atoms with Gasteiger partial charge in [0.25, 0.3) is 5.91 Å². The van der Waals surface area contributed by atoms with Crippen LogP contribution in [0.4, 0.5) is 14.5 Å². The average Bonchev–Trinajstić information content (AvgIpc) is 2.99. The molecule has 11 heteroatoms. The first-order chi connectivity index (χ1) is 18.6. The topological polar surface area (TPSA) is 114 Å². The number of amides is 3. The zero-order valence-corrected chi connectivity index (χ0v) is 21.0. The lowest BCUT2D eigenvalue weighted by Gasteiger charge is -2.28. The first-order valence-electron chi connectivity index (χ1n) is 12.0. The quantitative estimate of drug-likeness (QED) is 0.479. The smallest absolute Gasteiger partial charge is 0.330 e. The van der Waals surface area contributed by atoms with E-state index in [-0.39, 0.29) is 23.4 Å². The molecule has 3 aromatic rings. The average molecular weight is 538 g/mol. The Bertz CT molecular complexity index is 1380. The number of para-hydroxylation sites is 2. The van der Waals surface area contributed by atoms with Crippen LogP contribution in [0.2, 0.25) is 0 Å². The molecular weight excluding hydrogens is 512 g/mol. The van der Waals surface area contributed by atoms with Crippen LogP contribution in [0.25, 0.3) is 0 Å². The summed E-state index contributed by atoms with van der Waals surface area (Å²) < 4.78 is 33.1. The molecule has 0 aliphatic carbocycles. The molecular formula is C28H25F2N3O6. The number of carbonyl (C=O) groups excluding carboxylic acids is 4. The van der Waals surface area contributed by atoms with Crippen LogP contribution in [0.1, 0.15) is 31.1 Å². The first-order valence-corrected chi connectivity index (χ1v) is 12.0. The molecule has 4 rings (SSSR count). The largest absolute Gasteiger partial charge is 0.481 e. The van der Waals surface area contributed by atoms with Crippen LogP contribution in [-0.2, 0) is 30.4 Å². The Balaban J connectivity index is 1.58. The van der Waals surface area contributed by atoms with Crippen molar-refractivity contribution in [3.8, 4) is 5.75 Å². The number of rotatable bonds is 7. The molecule has 1 heterocycles. The minimum atomic E-state index is -1.37. The van der Waals surface area contributed by atoms with Crippen LogP contribution in [0.3, 0.4) is 0 Å². The van der Waals surface area contributed by atoms with Crippen molar-refractivity contribution < 1.29 is 37.5 Å². The summed E-state index contributed by atoms with van der Waals surface area (Å²) in [5.41, 5.74) is 0.809. The zero-order valence-electron chi connectivity index (χ0n) is 21.0. The summed E-state index contributed by atoms with van der Waals surface area (Å²) in [7, 11) is 0. The summed E-state index contributed by atoms with van der Waals surface area (Å²) in [4.78, 5) is 56.4. The zero-order chi connectivity index (χ0) is 28.1. The van der Waals surface area contributed by atoms with Crippen LogP contribution in [0.5, 0.6) is 5.75 Å². The predicted molar refractivity (Wildman–Crippen MR) is 135 cm³/mol. The first kappa shape index (κ1) is 27.2. The molecule has 1 aliphatic rings. The van der Waals surface area contributed by atoms with Crippen molar-refractivity contribution >= 4 is 29.4 Å². The standard InChI is InChI=1S/C28H25F2N3O6/c1-16(31-24(35)14-18-12-20(29)15-21(30)13-18)27(36)32-25-26(19-8-4-3-5-9-19)38-23-11-7-6-10-22(23)33(28(25)37)39-17(2)34/h3-13,15-16,25-26H,14H2,1-2H3,(H,31,35)(H,32,36)/t16-,25-,26+/m0/s1. The van der Waals surface area contributed by atoms with Crippen LogP contribution in [0.15, 0.2) is 72.8 Å². The molecule has 3 amide bonds. The Morgan fingerprint density at radius 2 is 1.64 bits per heavy atom. The third kappa shape index (κ3) is 6.56. The summed E-state index contributed by atoms with van der Waals surface area (Å²) in [6.07, 6.45) is -1.40. The summed E-state index contributed by atoms with van der Waals surface area (Å²) in [5, 5.41) is 5.83. The number of halogens is 2. The highest BCUT2D eigenvalue weighted by molar-refractivity contribution is 6.02. The van der Waals surface area contributed by atoms with Crippen molar-refractivity contribution in [2.45, 2.75) is 38.5 Å². The van der Waals surface area contributed by atoms with Gasteiger partial charge in [0.1, 0.15) is 29.1 Å². The monoisotopic (exact) mass is 537 g/mol. The molecule has 9 nitrogen and oxygen atoms in total. The van der Waals surface area contributed by atoms with E-state index in [1.807, 2.05) is 0 Å². The third-order valence-electron chi connectivity index (χ3n) is 5.81. The van der Waals surface area contributed by atoms with E-state index in [0.717, 1.165) is 24.1 Å². The molecule has 202 valence electrons. The van der Waals surface area contributed by atoms with Crippen molar-refractivity contribution in [2.24, 2.45) is 0 Å². The van der Waals surface area contributed by atoms with Gasteiger partial charge in [-0.3, -0.25) is 14.4 Å². The van der Waals surface area contributed by atoms with E-state index in [1.165, 1.54) is 13.0 Å². The lowest BCUT2D eigenvalue weighted by Crippen LogP contribution is -2.56. The molecule has 3 aromatic carbocycles. The number of nitrogens with zero attached hydrogens (tertiary/aromatic N) is 1. The molecule has 0 aromatic heterocycles. The van der Waals surface area contributed by atoms with Gasteiger partial charge >= 0.3 is 5.97 Å². The molecule has 0 radical (unpaired) electrons. The van der Waals surface area contributed by atoms with Gasteiger partial charge in [-0.25, -0.2) is 13.6 Å². The number of ether oxygens (including phenoxy) is 1. The van der Waals surface area contributed by atoms with E-state index in [1.54, 1.807) is 48.5 Å². The number of hydroxylamine groups is 1. The number of hydrogen-bond donors (Lipinski definition) is 2. The van der Waals surface area contributed by atoms with Gasteiger partial charge in [-0.1, -0.05) is 42.5 Å². The van der Waals surface area contributed by atoms with Crippen molar-refractivity contribution in [1.29, 1.82) is 0 Å². The molecule has 0 saturated carbocycles. The van der Waals surface area contributed by atoms with E-state index >= 15 is 0 Å². The molecule has 0 unspecified atom stereocenters. The maximum atomic E-state index is 13.7. The minimum Gasteiger partial charge on any atom is -0.481 e. The van der Waals surface area contributed by atoms with Gasteiger partial charge in [0, 0.05) is 13.0 Å². The fourth-order valence-corrected chi connectivity index (χ4v) is 4.10. The Kier molecular flexibility index (Phi) is 8.18. The lowest BCUT2D eigenvalue weighted by molar-refractivity contribution is -0.149. The van der Waals surface area contributed by atoms with Crippen LogP contribution in [0, 0.1) is 11.6 Å². The summed E-state index contributed by atoms with van der Waals surface area (Å²) >= 11 is 0. The van der Waals surface area contributed by atoms with Gasteiger partial charge in [-0.05, 0) is 42.3 Å². The number of hydrogen-bond acceptors (Lipinski definition) is 6. The normalized spacial score (nSPS) is 17.2. The van der Waals surface area contributed by atoms with Crippen molar-refractivity contribution in [2.75, 3.05) is 5.06 Å². The number of anilines is 1. The van der Waals surface area contributed by atoms with Gasteiger partial charge < -0.3 is 20.2 Å². The summed E-state index contributed by atoms with van der Waals surface area (Å²) in [5.74, 6) is -4.39. The number of fused-ring (bicyclic) bond motifs is 1. The number of nitrogens with one attached hydrogen (secondary N) is 2. The second-order valence-electron chi connectivity index (χ2n) is 8.86. The molecule has 0 fully saturated rings. The van der Waals surface area contributed by atoms with Crippen molar-refractivity contribution in [1.82, 2.24) is 10.6 Å². The Morgan fingerprint density at radius 1 is 1.00 bits per heavy atom. The minimum absolute atomic E-state index is 0.0869. The van der Waals surface area contributed by atoms with Crippen molar-refractivity contribution in [3.63, 3.8) is 0 Å². The Labute approximate surface area is 222 Å². The predicted octanol–water partition coefficient (Wildman–Crippen LogP) is 3.14. The fourth-order valence-electron chi connectivity index (χ4n) is 4.10. The fraction of sp³-hybridized carbons (Fsp3) is 0.214. The number of benzene rings is 3. The molecule has 0 bridgehead atoms. The van der Waals surface area contributed by atoms with Gasteiger partial charge in [0.15, 0.2) is 12.1 Å². The molecule has 0 saturated heterocycles. The summed E-state index contributed by atoms with van der Waals surface area (Å²) in [6.45, 7) is 2.52. The summed E-state index contributed by atoms with van der Waals surface area (Å²) in [6, 6.07) is 15.3. The van der Waals surface area contributed by atoms with Crippen molar-refractivity contribution in [3.05, 3.63) is 95.6 Å². The third-order valence-corrected chi connectivity index (χ3v) is 5.81. The Morgan fingerprint density at radius 3 is 2.31 bits per heavy atom. The second kappa shape index (κ2) is 11.7. The van der Waals surface area contributed by atoms with Crippen LogP contribution < -0.4 is 20.4 Å². The highest BCUT2D eigenvalue weighted by atomic mass is 19.1.